The number of pyridine rings is 1. The lowest BCUT2D eigenvalue weighted by Gasteiger charge is -2.11. The van der Waals surface area contributed by atoms with E-state index in [1.54, 1.807) is 0 Å². The lowest BCUT2D eigenvalue weighted by molar-refractivity contribution is 0.709. The smallest absolute Gasteiger partial charge is 0.160 e. The molecule has 102 valence electrons. The fourth-order valence-corrected chi connectivity index (χ4v) is 2.60. The lowest BCUT2D eigenvalue weighted by Crippen LogP contribution is -2.03. The molecule has 3 rings (SSSR count). The van der Waals surface area contributed by atoms with Crippen LogP contribution in [0.15, 0.2) is 47.1 Å². The molecule has 1 aromatic carbocycles. The number of anilines is 1. The van der Waals surface area contributed by atoms with E-state index in [0.29, 0.717) is 5.92 Å². The molecule has 1 atom stereocenters. The van der Waals surface area contributed by atoms with Crippen LogP contribution >= 0.6 is 15.9 Å². The maximum Gasteiger partial charge on any atom is 0.160 e. The van der Waals surface area contributed by atoms with Crippen molar-refractivity contribution in [3.8, 4) is 0 Å². The first-order valence-electron chi connectivity index (χ1n) is 6.48. The monoisotopic (exact) mass is 330 g/mol. The van der Waals surface area contributed by atoms with E-state index in [-0.39, 0.29) is 0 Å². The Morgan fingerprint density at radius 1 is 1.15 bits per heavy atom. The summed E-state index contributed by atoms with van der Waals surface area (Å²) >= 11 is 3.48. The second-order valence-electron chi connectivity index (χ2n) is 4.96. The zero-order valence-corrected chi connectivity index (χ0v) is 12.7. The summed E-state index contributed by atoms with van der Waals surface area (Å²) in [7, 11) is 0. The molecule has 2 aromatic heterocycles. The molecule has 0 amide bonds. The Balaban J connectivity index is 1.89. The number of nitrogen functional groups attached to an aromatic ring is 1. The Bertz CT molecular complexity index is 733. The van der Waals surface area contributed by atoms with Crippen LogP contribution in [0, 0.1) is 0 Å². The van der Waals surface area contributed by atoms with E-state index in [9.17, 15) is 0 Å². The molecule has 2 N–H and O–H groups in total. The third kappa shape index (κ3) is 2.54. The standard InChI is InChI=1S/C15H15BrN4/c1-10(11-2-5-13(17)6-3-11)8-15-19-18-14-7-4-12(16)9-20(14)15/h2-7,9-10H,8,17H2,1H3. The third-order valence-corrected chi connectivity index (χ3v) is 3.90. The molecule has 0 saturated carbocycles. The lowest BCUT2D eigenvalue weighted by atomic mass is 9.97. The summed E-state index contributed by atoms with van der Waals surface area (Å²) in [6, 6.07) is 11.9. The fourth-order valence-electron chi connectivity index (χ4n) is 2.27. The van der Waals surface area contributed by atoms with Gasteiger partial charge in [-0.2, -0.15) is 0 Å². The van der Waals surface area contributed by atoms with Gasteiger partial charge in [-0.15, -0.1) is 10.2 Å². The zero-order chi connectivity index (χ0) is 14.1. The first kappa shape index (κ1) is 13.1. The molecule has 0 radical (unpaired) electrons. The molecule has 0 bridgehead atoms. The van der Waals surface area contributed by atoms with Gasteiger partial charge in [0.1, 0.15) is 5.82 Å². The molecule has 0 spiro atoms. The summed E-state index contributed by atoms with van der Waals surface area (Å²) < 4.78 is 3.05. The molecular formula is C15H15BrN4. The number of benzene rings is 1. The van der Waals surface area contributed by atoms with Gasteiger partial charge >= 0.3 is 0 Å². The summed E-state index contributed by atoms with van der Waals surface area (Å²) in [5.74, 6) is 1.33. The van der Waals surface area contributed by atoms with E-state index in [1.165, 1.54) is 5.56 Å². The highest BCUT2D eigenvalue weighted by molar-refractivity contribution is 9.10. The number of nitrogens with two attached hydrogens (primary N) is 1. The van der Waals surface area contributed by atoms with Gasteiger partial charge in [0, 0.05) is 22.8 Å². The molecule has 0 aliphatic carbocycles. The molecule has 0 aliphatic heterocycles. The Labute approximate surface area is 125 Å². The van der Waals surface area contributed by atoms with Gasteiger partial charge in [0.05, 0.1) is 0 Å². The van der Waals surface area contributed by atoms with Gasteiger partial charge in [-0.1, -0.05) is 19.1 Å². The molecule has 0 saturated heterocycles. The van der Waals surface area contributed by atoms with Crippen molar-refractivity contribution in [1.29, 1.82) is 0 Å². The van der Waals surface area contributed by atoms with Crippen molar-refractivity contribution < 1.29 is 0 Å². The van der Waals surface area contributed by atoms with Crippen LogP contribution in [0.2, 0.25) is 0 Å². The van der Waals surface area contributed by atoms with Crippen molar-refractivity contribution in [2.45, 2.75) is 19.3 Å². The summed E-state index contributed by atoms with van der Waals surface area (Å²) in [6.07, 6.45) is 2.84. The molecule has 20 heavy (non-hydrogen) atoms. The minimum absolute atomic E-state index is 0.363. The Morgan fingerprint density at radius 3 is 2.65 bits per heavy atom. The molecule has 1 unspecified atom stereocenters. The van der Waals surface area contributed by atoms with Crippen molar-refractivity contribution in [1.82, 2.24) is 14.6 Å². The maximum absolute atomic E-state index is 5.72. The summed E-state index contributed by atoms with van der Waals surface area (Å²) in [6.45, 7) is 2.19. The van der Waals surface area contributed by atoms with Gasteiger partial charge < -0.3 is 5.73 Å². The van der Waals surface area contributed by atoms with Crippen molar-refractivity contribution in [2.24, 2.45) is 0 Å². The molecule has 5 heteroatoms. The first-order valence-corrected chi connectivity index (χ1v) is 7.27. The minimum Gasteiger partial charge on any atom is -0.399 e. The van der Waals surface area contributed by atoms with Gasteiger partial charge in [-0.25, -0.2) is 0 Å². The van der Waals surface area contributed by atoms with Crippen LogP contribution in [0.1, 0.15) is 24.2 Å². The Hall–Kier alpha value is -1.88. The van der Waals surface area contributed by atoms with Crippen LogP contribution in [0.25, 0.3) is 5.65 Å². The van der Waals surface area contributed by atoms with Crippen LogP contribution in [0.4, 0.5) is 5.69 Å². The highest BCUT2D eigenvalue weighted by atomic mass is 79.9. The van der Waals surface area contributed by atoms with Gasteiger partial charge in [0.25, 0.3) is 0 Å². The molecule has 2 heterocycles. The molecule has 0 aliphatic rings. The normalized spacial score (nSPS) is 12.7. The number of rotatable bonds is 3. The minimum atomic E-state index is 0.363. The predicted molar refractivity (Wildman–Crippen MR) is 83.7 cm³/mol. The van der Waals surface area contributed by atoms with E-state index in [0.717, 1.165) is 28.1 Å². The average molecular weight is 331 g/mol. The number of hydrogen-bond acceptors (Lipinski definition) is 3. The second-order valence-corrected chi connectivity index (χ2v) is 5.88. The number of halogens is 1. The van der Waals surface area contributed by atoms with Gasteiger partial charge in [0.2, 0.25) is 0 Å². The zero-order valence-electron chi connectivity index (χ0n) is 11.1. The van der Waals surface area contributed by atoms with E-state index in [4.69, 9.17) is 5.73 Å². The van der Waals surface area contributed by atoms with Crippen LogP contribution in [-0.4, -0.2) is 14.6 Å². The van der Waals surface area contributed by atoms with E-state index in [2.05, 4.69) is 45.2 Å². The van der Waals surface area contributed by atoms with E-state index >= 15 is 0 Å². The first-order chi connectivity index (χ1) is 9.63. The van der Waals surface area contributed by atoms with Gasteiger partial charge in [-0.3, -0.25) is 4.40 Å². The Morgan fingerprint density at radius 2 is 1.90 bits per heavy atom. The highest BCUT2D eigenvalue weighted by Crippen LogP contribution is 2.21. The third-order valence-electron chi connectivity index (χ3n) is 3.43. The number of aromatic nitrogens is 3. The summed E-state index contributed by atoms with van der Waals surface area (Å²) in [5, 5.41) is 8.48. The van der Waals surface area contributed by atoms with Crippen LogP contribution in [0.5, 0.6) is 0 Å². The van der Waals surface area contributed by atoms with Gasteiger partial charge in [0.15, 0.2) is 5.65 Å². The molecule has 0 fully saturated rings. The van der Waals surface area contributed by atoms with E-state index < -0.39 is 0 Å². The number of fused-ring (bicyclic) bond motifs is 1. The highest BCUT2D eigenvalue weighted by Gasteiger charge is 2.12. The topological polar surface area (TPSA) is 56.2 Å². The van der Waals surface area contributed by atoms with Crippen molar-refractivity contribution in [3.63, 3.8) is 0 Å². The van der Waals surface area contributed by atoms with Crippen LogP contribution in [-0.2, 0) is 6.42 Å². The van der Waals surface area contributed by atoms with Crippen LogP contribution in [0.3, 0.4) is 0 Å². The largest absolute Gasteiger partial charge is 0.399 e. The van der Waals surface area contributed by atoms with Gasteiger partial charge in [-0.05, 0) is 51.7 Å². The quantitative estimate of drug-likeness (QED) is 0.748. The summed E-state index contributed by atoms with van der Waals surface area (Å²) in [5.41, 5.74) is 8.64. The maximum atomic E-state index is 5.72. The number of nitrogens with zero attached hydrogens (tertiary/aromatic N) is 3. The molecule has 4 nitrogen and oxygen atoms in total. The predicted octanol–water partition coefficient (Wildman–Crippen LogP) is 3.42. The second kappa shape index (κ2) is 5.25. The molecular weight excluding hydrogens is 316 g/mol. The fraction of sp³-hybridized carbons (Fsp3) is 0.200. The molecule has 3 aromatic rings. The SMILES string of the molecule is CC(Cc1nnc2ccc(Br)cn12)c1ccc(N)cc1. The Kier molecular flexibility index (Phi) is 3.44. The number of hydrogen-bond donors (Lipinski definition) is 1. The van der Waals surface area contributed by atoms with Crippen molar-refractivity contribution in [2.75, 3.05) is 5.73 Å². The average Bonchev–Trinajstić information content (AvgIpc) is 2.82. The summed E-state index contributed by atoms with van der Waals surface area (Å²) in [4.78, 5) is 0. The van der Waals surface area contributed by atoms with Crippen LogP contribution < -0.4 is 5.73 Å². The van der Waals surface area contributed by atoms with Crippen molar-refractivity contribution >= 4 is 27.3 Å². The van der Waals surface area contributed by atoms with E-state index in [1.807, 2.05) is 34.9 Å². The van der Waals surface area contributed by atoms with Crippen molar-refractivity contribution in [3.05, 3.63) is 58.5 Å².